The molecule has 0 aliphatic heterocycles. The van der Waals surface area contributed by atoms with Crippen LogP contribution in [0.4, 0.5) is 11.4 Å². The summed E-state index contributed by atoms with van der Waals surface area (Å²) in [4.78, 5) is 11.1. The van der Waals surface area contributed by atoms with Crippen molar-refractivity contribution in [3.05, 3.63) is 23.8 Å². The van der Waals surface area contributed by atoms with E-state index in [1.165, 1.54) is 0 Å². The average Bonchev–Trinajstić information content (AvgIpc) is 2.32. The Morgan fingerprint density at radius 1 is 1.50 bits per heavy atom. The zero-order valence-electron chi connectivity index (χ0n) is 10.9. The summed E-state index contributed by atoms with van der Waals surface area (Å²) in [6.45, 7) is 4.25. The number of rotatable bonds is 7. The van der Waals surface area contributed by atoms with Crippen molar-refractivity contribution in [3.63, 3.8) is 0 Å². The van der Waals surface area contributed by atoms with E-state index in [-0.39, 0.29) is 0 Å². The van der Waals surface area contributed by atoms with E-state index in [0.717, 1.165) is 23.6 Å². The average molecular weight is 267 g/mol. The van der Waals surface area contributed by atoms with E-state index >= 15 is 0 Å². The van der Waals surface area contributed by atoms with Crippen LogP contribution in [0.25, 0.3) is 0 Å². The number of carbonyl (C=O) groups excluding carboxylic acids is 1. The van der Waals surface area contributed by atoms with Gasteiger partial charge >= 0.3 is 0 Å². The molecule has 0 spiro atoms. The standard InChI is InChI=1S/C13H21N3OS/c1-3-18-7-6-9(2)16-12-8-10(13(15)17)4-5-11(12)14/h4-5,8-9,16H,3,6-7,14H2,1-2H3,(H2,15,17). The maximum absolute atomic E-state index is 11.1. The largest absolute Gasteiger partial charge is 0.397 e. The highest BCUT2D eigenvalue weighted by molar-refractivity contribution is 7.99. The van der Waals surface area contributed by atoms with Gasteiger partial charge in [-0.25, -0.2) is 0 Å². The van der Waals surface area contributed by atoms with Gasteiger partial charge in [0.2, 0.25) is 5.91 Å². The summed E-state index contributed by atoms with van der Waals surface area (Å²) in [7, 11) is 0. The molecule has 1 aromatic carbocycles. The molecule has 1 aromatic rings. The number of nitrogens with one attached hydrogen (secondary N) is 1. The summed E-state index contributed by atoms with van der Waals surface area (Å²) < 4.78 is 0. The predicted octanol–water partition coefficient (Wildman–Crippen LogP) is 2.31. The molecule has 0 saturated carbocycles. The second-order valence-electron chi connectivity index (χ2n) is 4.20. The second kappa shape index (κ2) is 7.16. The summed E-state index contributed by atoms with van der Waals surface area (Å²) in [5, 5.41) is 3.32. The summed E-state index contributed by atoms with van der Waals surface area (Å²) in [5.74, 6) is 1.80. The molecule has 5 N–H and O–H groups in total. The number of benzene rings is 1. The zero-order chi connectivity index (χ0) is 13.5. The van der Waals surface area contributed by atoms with E-state index in [1.807, 2.05) is 11.8 Å². The molecule has 0 aliphatic rings. The Labute approximate surface area is 113 Å². The molecule has 0 heterocycles. The summed E-state index contributed by atoms with van der Waals surface area (Å²) in [6.07, 6.45) is 1.05. The van der Waals surface area contributed by atoms with Crippen LogP contribution in [0.2, 0.25) is 0 Å². The molecule has 1 amide bonds. The fourth-order valence-corrected chi connectivity index (χ4v) is 2.39. The van der Waals surface area contributed by atoms with E-state index in [4.69, 9.17) is 11.5 Å². The van der Waals surface area contributed by atoms with Crippen LogP contribution < -0.4 is 16.8 Å². The highest BCUT2D eigenvalue weighted by Gasteiger charge is 2.08. The van der Waals surface area contributed by atoms with Crippen molar-refractivity contribution < 1.29 is 4.79 Å². The number of anilines is 2. The minimum absolute atomic E-state index is 0.314. The minimum Gasteiger partial charge on any atom is -0.397 e. The van der Waals surface area contributed by atoms with Crippen LogP contribution in [0, 0.1) is 0 Å². The molecule has 18 heavy (non-hydrogen) atoms. The third kappa shape index (κ3) is 4.49. The Bertz CT molecular complexity index is 409. The van der Waals surface area contributed by atoms with Crippen molar-refractivity contribution >= 4 is 29.0 Å². The summed E-state index contributed by atoms with van der Waals surface area (Å²) >= 11 is 1.91. The van der Waals surface area contributed by atoms with E-state index in [0.29, 0.717) is 17.3 Å². The smallest absolute Gasteiger partial charge is 0.248 e. The Hall–Kier alpha value is -1.36. The van der Waals surface area contributed by atoms with E-state index in [9.17, 15) is 4.79 Å². The third-order valence-corrected chi connectivity index (χ3v) is 3.57. The maximum Gasteiger partial charge on any atom is 0.248 e. The number of hydrogen-bond acceptors (Lipinski definition) is 4. The highest BCUT2D eigenvalue weighted by Crippen LogP contribution is 2.21. The quantitative estimate of drug-likeness (QED) is 0.523. The van der Waals surface area contributed by atoms with Crippen LogP contribution in [-0.4, -0.2) is 23.5 Å². The Balaban J connectivity index is 2.65. The molecule has 0 fully saturated rings. The molecule has 0 aliphatic carbocycles. The lowest BCUT2D eigenvalue weighted by Gasteiger charge is -2.17. The molecule has 0 saturated heterocycles. The van der Waals surface area contributed by atoms with Crippen LogP contribution in [0.1, 0.15) is 30.6 Å². The van der Waals surface area contributed by atoms with Crippen molar-refractivity contribution in [3.8, 4) is 0 Å². The minimum atomic E-state index is -0.438. The number of carbonyl (C=O) groups is 1. The molecule has 0 aromatic heterocycles. The first-order valence-corrected chi connectivity index (χ1v) is 7.23. The Morgan fingerprint density at radius 2 is 2.22 bits per heavy atom. The SMILES string of the molecule is CCSCCC(C)Nc1cc(C(N)=O)ccc1N. The van der Waals surface area contributed by atoms with Gasteiger partial charge in [-0.3, -0.25) is 4.79 Å². The molecular formula is C13H21N3OS. The molecule has 1 rings (SSSR count). The lowest BCUT2D eigenvalue weighted by Crippen LogP contribution is -2.18. The monoisotopic (exact) mass is 267 g/mol. The van der Waals surface area contributed by atoms with Crippen LogP contribution in [0.15, 0.2) is 18.2 Å². The molecule has 5 heteroatoms. The van der Waals surface area contributed by atoms with E-state index in [2.05, 4.69) is 19.2 Å². The highest BCUT2D eigenvalue weighted by atomic mass is 32.2. The molecule has 100 valence electrons. The molecule has 1 unspecified atom stereocenters. The molecule has 0 bridgehead atoms. The molecule has 1 atom stereocenters. The zero-order valence-corrected chi connectivity index (χ0v) is 11.7. The van der Waals surface area contributed by atoms with Gasteiger partial charge in [-0.15, -0.1) is 0 Å². The molecule has 4 nitrogen and oxygen atoms in total. The first kappa shape index (κ1) is 14.7. The van der Waals surface area contributed by atoms with Gasteiger partial charge in [-0.1, -0.05) is 6.92 Å². The van der Waals surface area contributed by atoms with Crippen molar-refractivity contribution in [1.82, 2.24) is 0 Å². The van der Waals surface area contributed by atoms with Gasteiger partial charge in [-0.05, 0) is 43.0 Å². The fraction of sp³-hybridized carbons (Fsp3) is 0.462. The van der Waals surface area contributed by atoms with Crippen molar-refractivity contribution in [1.29, 1.82) is 0 Å². The summed E-state index contributed by atoms with van der Waals surface area (Å²) in [5.41, 5.74) is 13.0. The number of primary amides is 1. The third-order valence-electron chi connectivity index (χ3n) is 2.64. The van der Waals surface area contributed by atoms with Crippen molar-refractivity contribution in [2.75, 3.05) is 22.6 Å². The van der Waals surface area contributed by atoms with Gasteiger partial charge in [-0.2, -0.15) is 11.8 Å². The second-order valence-corrected chi connectivity index (χ2v) is 5.59. The summed E-state index contributed by atoms with van der Waals surface area (Å²) in [6, 6.07) is 5.37. The maximum atomic E-state index is 11.1. The predicted molar refractivity (Wildman–Crippen MR) is 80.1 cm³/mol. The van der Waals surface area contributed by atoms with Crippen LogP contribution in [0.5, 0.6) is 0 Å². The number of nitrogens with two attached hydrogens (primary N) is 2. The fourth-order valence-electron chi connectivity index (χ4n) is 1.58. The Kier molecular flexibility index (Phi) is 5.85. The van der Waals surface area contributed by atoms with Crippen LogP contribution in [0.3, 0.4) is 0 Å². The Morgan fingerprint density at radius 3 is 2.83 bits per heavy atom. The van der Waals surface area contributed by atoms with Gasteiger partial charge in [0, 0.05) is 11.6 Å². The number of thioether (sulfide) groups is 1. The van der Waals surface area contributed by atoms with Crippen molar-refractivity contribution in [2.45, 2.75) is 26.3 Å². The molecule has 0 radical (unpaired) electrons. The number of amides is 1. The van der Waals surface area contributed by atoms with Crippen LogP contribution >= 0.6 is 11.8 Å². The van der Waals surface area contributed by atoms with E-state index in [1.54, 1.807) is 18.2 Å². The van der Waals surface area contributed by atoms with Gasteiger partial charge < -0.3 is 16.8 Å². The van der Waals surface area contributed by atoms with Gasteiger partial charge in [0.15, 0.2) is 0 Å². The molecular weight excluding hydrogens is 246 g/mol. The van der Waals surface area contributed by atoms with Crippen LogP contribution in [-0.2, 0) is 0 Å². The first-order valence-electron chi connectivity index (χ1n) is 6.08. The van der Waals surface area contributed by atoms with Gasteiger partial charge in [0.1, 0.15) is 0 Å². The van der Waals surface area contributed by atoms with E-state index < -0.39 is 5.91 Å². The normalized spacial score (nSPS) is 12.1. The topological polar surface area (TPSA) is 81.1 Å². The van der Waals surface area contributed by atoms with Gasteiger partial charge in [0.05, 0.1) is 11.4 Å². The lowest BCUT2D eigenvalue weighted by atomic mass is 10.1. The van der Waals surface area contributed by atoms with Gasteiger partial charge in [0.25, 0.3) is 0 Å². The lowest BCUT2D eigenvalue weighted by molar-refractivity contribution is 0.100. The number of hydrogen-bond donors (Lipinski definition) is 3. The number of nitrogen functional groups attached to an aromatic ring is 1. The first-order chi connectivity index (χ1) is 8.54. The van der Waals surface area contributed by atoms with Crippen molar-refractivity contribution in [2.24, 2.45) is 5.73 Å².